The lowest BCUT2D eigenvalue weighted by Crippen LogP contribution is -2.47. The third kappa shape index (κ3) is 2.73. The van der Waals surface area contributed by atoms with Crippen LogP contribution in [0.2, 0.25) is 0 Å². The number of alkyl carbamates (subject to hydrolysis) is 1. The standard InChI is InChI=1S/C13H23NO3/c1-13(2,3)17-12(16)14-11-9-5-4-8(6-9)10(11)7-15/h8-11,15H,4-7H2,1-3H3,(H,14,16)/t8-,9-,10-,11+/m0/s1. The van der Waals surface area contributed by atoms with Crippen molar-refractivity contribution in [3.8, 4) is 0 Å². The molecule has 0 radical (unpaired) electrons. The van der Waals surface area contributed by atoms with Crippen LogP contribution in [0.15, 0.2) is 0 Å². The highest BCUT2D eigenvalue weighted by Crippen LogP contribution is 2.48. The van der Waals surface area contributed by atoms with Crippen LogP contribution in [0.4, 0.5) is 4.79 Å². The summed E-state index contributed by atoms with van der Waals surface area (Å²) in [6.45, 7) is 5.74. The molecule has 4 atom stereocenters. The molecule has 0 aliphatic heterocycles. The van der Waals surface area contributed by atoms with E-state index in [-0.39, 0.29) is 24.7 Å². The van der Waals surface area contributed by atoms with E-state index in [1.54, 1.807) is 0 Å². The van der Waals surface area contributed by atoms with E-state index in [9.17, 15) is 9.90 Å². The molecule has 0 aromatic rings. The number of carbonyl (C=O) groups excluding carboxylic acids is 1. The SMILES string of the molecule is CC(C)(C)OC(=O)N[C@@H]1[C@H]2CC[C@@H](C2)[C@@H]1CO. The van der Waals surface area contributed by atoms with Crippen LogP contribution in [-0.4, -0.2) is 29.4 Å². The van der Waals surface area contributed by atoms with Gasteiger partial charge in [0.2, 0.25) is 0 Å². The van der Waals surface area contributed by atoms with Gasteiger partial charge < -0.3 is 15.2 Å². The van der Waals surface area contributed by atoms with Crippen molar-refractivity contribution in [2.75, 3.05) is 6.61 Å². The van der Waals surface area contributed by atoms with Gasteiger partial charge in [0, 0.05) is 18.6 Å². The van der Waals surface area contributed by atoms with E-state index in [2.05, 4.69) is 5.32 Å². The lowest BCUT2D eigenvalue weighted by molar-refractivity contribution is 0.0437. The predicted octanol–water partition coefficient (Wildman–Crippen LogP) is 1.92. The van der Waals surface area contributed by atoms with Gasteiger partial charge in [0.1, 0.15) is 5.60 Å². The van der Waals surface area contributed by atoms with E-state index in [0.29, 0.717) is 11.8 Å². The fourth-order valence-electron chi connectivity index (χ4n) is 3.34. The molecule has 98 valence electrons. The van der Waals surface area contributed by atoms with Crippen molar-refractivity contribution < 1.29 is 14.6 Å². The van der Waals surface area contributed by atoms with Crippen LogP contribution in [0.5, 0.6) is 0 Å². The molecule has 1 amide bonds. The average molecular weight is 241 g/mol. The van der Waals surface area contributed by atoms with Gasteiger partial charge in [-0.05, 0) is 51.9 Å². The Morgan fingerprint density at radius 1 is 1.35 bits per heavy atom. The first-order chi connectivity index (χ1) is 7.90. The smallest absolute Gasteiger partial charge is 0.407 e. The number of nitrogens with one attached hydrogen (secondary N) is 1. The van der Waals surface area contributed by atoms with Crippen LogP contribution in [0.1, 0.15) is 40.0 Å². The molecular formula is C13H23NO3. The number of amides is 1. The highest BCUT2D eigenvalue weighted by Gasteiger charge is 2.48. The van der Waals surface area contributed by atoms with E-state index in [0.717, 1.165) is 6.42 Å². The van der Waals surface area contributed by atoms with Gasteiger partial charge in [0.05, 0.1) is 0 Å². The summed E-state index contributed by atoms with van der Waals surface area (Å²) in [6, 6.07) is 0.105. The minimum absolute atomic E-state index is 0.105. The predicted molar refractivity (Wildman–Crippen MR) is 64.6 cm³/mol. The Hall–Kier alpha value is -0.770. The molecule has 4 nitrogen and oxygen atoms in total. The van der Waals surface area contributed by atoms with Crippen LogP contribution in [-0.2, 0) is 4.74 Å². The Bertz CT molecular complexity index is 298. The minimum Gasteiger partial charge on any atom is -0.444 e. The Morgan fingerprint density at radius 2 is 2.00 bits per heavy atom. The fourth-order valence-corrected chi connectivity index (χ4v) is 3.34. The van der Waals surface area contributed by atoms with Crippen LogP contribution >= 0.6 is 0 Å². The number of rotatable bonds is 2. The number of ether oxygens (including phenoxy) is 1. The summed E-state index contributed by atoms with van der Waals surface area (Å²) >= 11 is 0. The summed E-state index contributed by atoms with van der Waals surface area (Å²) in [5.41, 5.74) is -0.462. The second-order valence-electron chi connectivity index (χ2n) is 6.35. The Kier molecular flexibility index (Phi) is 3.34. The van der Waals surface area contributed by atoms with E-state index in [4.69, 9.17) is 4.74 Å². The summed E-state index contributed by atoms with van der Waals surface area (Å²) in [5, 5.41) is 12.4. The van der Waals surface area contributed by atoms with Crippen LogP contribution in [0.25, 0.3) is 0 Å². The Morgan fingerprint density at radius 3 is 2.59 bits per heavy atom. The molecule has 0 spiro atoms. The van der Waals surface area contributed by atoms with Gasteiger partial charge >= 0.3 is 6.09 Å². The largest absolute Gasteiger partial charge is 0.444 e. The highest BCUT2D eigenvalue weighted by atomic mass is 16.6. The fraction of sp³-hybridized carbons (Fsp3) is 0.923. The van der Waals surface area contributed by atoms with Gasteiger partial charge in [0.15, 0.2) is 0 Å². The highest BCUT2D eigenvalue weighted by molar-refractivity contribution is 5.68. The topological polar surface area (TPSA) is 58.6 Å². The molecule has 0 heterocycles. The molecule has 2 aliphatic carbocycles. The van der Waals surface area contributed by atoms with Crippen molar-refractivity contribution in [1.29, 1.82) is 0 Å². The van der Waals surface area contributed by atoms with Gasteiger partial charge in [-0.25, -0.2) is 4.79 Å². The monoisotopic (exact) mass is 241 g/mol. The normalized spacial score (nSPS) is 36.0. The molecule has 2 fully saturated rings. The summed E-state index contributed by atoms with van der Waals surface area (Å²) in [5.74, 6) is 1.34. The molecule has 2 bridgehead atoms. The molecule has 0 saturated heterocycles. The zero-order valence-electron chi connectivity index (χ0n) is 10.9. The van der Waals surface area contributed by atoms with Crippen molar-refractivity contribution in [1.82, 2.24) is 5.32 Å². The van der Waals surface area contributed by atoms with Crippen LogP contribution < -0.4 is 5.32 Å². The Balaban J connectivity index is 1.92. The number of carbonyl (C=O) groups is 1. The molecule has 2 aliphatic rings. The summed E-state index contributed by atoms with van der Waals surface area (Å²) in [4.78, 5) is 11.7. The average Bonchev–Trinajstić information content (AvgIpc) is 2.74. The lowest BCUT2D eigenvalue weighted by Gasteiger charge is -2.31. The minimum atomic E-state index is -0.462. The maximum absolute atomic E-state index is 11.7. The van der Waals surface area contributed by atoms with Crippen molar-refractivity contribution in [3.05, 3.63) is 0 Å². The molecule has 2 rings (SSSR count). The molecule has 17 heavy (non-hydrogen) atoms. The number of hydrogen-bond acceptors (Lipinski definition) is 3. The molecule has 0 aromatic carbocycles. The second-order valence-corrected chi connectivity index (χ2v) is 6.35. The van der Waals surface area contributed by atoms with Crippen molar-refractivity contribution in [2.45, 2.75) is 51.7 Å². The summed E-state index contributed by atoms with van der Waals surface area (Å²) in [6.07, 6.45) is 3.16. The third-order valence-electron chi connectivity index (χ3n) is 3.98. The van der Waals surface area contributed by atoms with E-state index >= 15 is 0 Å². The number of fused-ring (bicyclic) bond motifs is 2. The van der Waals surface area contributed by atoms with Gasteiger partial charge in [-0.1, -0.05) is 0 Å². The number of aliphatic hydroxyl groups excluding tert-OH is 1. The quantitative estimate of drug-likeness (QED) is 0.776. The van der Waals surface area contributed by atoms with Crippen LogP contribution in [0.3, 0.4) is 0 Å². The molecule has 4 heteroatoms. The maximum Gasteiger partial charge on any atom is 0.407 e. The summed E-state index contributed by atoms with van der Waals surface area (Å²) < 4.78 is 5.27. The van der Waals surface area contributed by atoms with Crippen LogP contribution in [0, 0.1) is 17.8 Å². The van der Waals surface area contributed by atoms with Gasteiger partial charge in [-0.2, -0.15) is 0 Å². The summed E-state index contributed by atoms with van der Waals surface area (Å²) in [7, 11) is 0. The first-order valence-electron chi connectivity index (χ1n) is 6.51. The van der Waals surface area contributed by atoms with E-state index in [1.165, 1.54) is 12.8 Å². The Labute approximate surface area is 103 Å². The lowest BCUT2D eigenvalue weighted by atomic mass is 9.85. The molecule has 2 N–H and O–H groups in total. The molecule has 0 aromatic heterocycles. The zero-order chi connectivity index (χ0) is 12.6. The molecular weight excluding hydrogens is 218 g/mol. The maximum atomic E-state index is 11.7. The van der Waals surface area contributed by atoms with E-state index < -0.39 is 5.60 Å². The van der Waals surface area contributed by atoms with Crippen molar-refractivity contribution in [2.24, 2.45) is 17.8 Å². The first-order valence-corrected chi connectivity index (χ1v) is 6.51. The van der Waals surface area contributed by atoms with E-state index in [1.807, 2.05) is 20.8 Å². The van der Waals surface area contributed by atoms with Gasteiger partial charge in [0.25, 0.3) is 0 Å². The van der Waals surface area contributed by atoms with Crippen molar-refractivity contribution in [3.63, 3.8) is 0 Å². The third-order valence-corrected chi connectivity index (χ3v) is 3.98. The second kappa shape index (κ2) is 4.48. The van der Waals surface area contributed by atoms with Gasteiger partial charge in [-0.15, -0.1) is 0 Å². The molecule has 0 unspecified atom stereocenters. The first kappa shape index (κ1) is 12.7. The van der Waals surface area contributed by atoms with Crippen molar-refractivity contribution >= 4 is 6.09 Å². The number of aliphatic hydroxyl groups is 1. The van der Waals surface area contributed by atoms with Gasteiger partial charge in [-0.3, -0.25) is 0 Å². The molecule has 2 saturated carbocycles. The number of hydrogen-bond donors (Lipinski definition) is 2. The zero-order valence-corrected chi connectivity index (χ0v) is 10.9.